The molecule has 1 rings (SSSR count). The minimum absolute atomic E-state index is 0.0540. The Kier molecular flexibility index (Phi) is 4.62. The van der Waals surface area contributed by atoms with Crippen molar-refractivity contribution in [1.29, 1.82) is 0 Å². The maximum Gasteiger partial charge on any atom is 0.255 e. The lowest BCUT2D eigenvalue weighted by Crippen LogP contribution is -2.31. The fraction of sp³-hybridized carbons (Fsp3) is 0.417. The first kappa shape index (κ1) is 12.8. The van der Waals surface area contributed by atoms with E-state index in [0.29, 0.717) is 22.8 Å². The number of hydrogen-bond donors (Lipinski definition) is 1. The van der Waals surface area contributed by atoms with Gasteiger partial charge >= 0.3 is 0 Å². The van der Waals surface area contributed by atoms with Gasteiger partial charge in [0.2, 0.25) is 0 Å². The second-order valence-electron chi connectivity index (χ2n) is 3.62. The minimum Gasteiger partial charge on any atom is -0.399 e. The van der Waals surface area contributed by atoms with Crippen LogP contribution in [0.3, 0.4) is 0 Å². The van der Waals surface area contributed by atoms with E-state index in [1.54, 1.807) is 23.1 Å². The van der Waals surface area contributed by atoms with Crippen LogP contribution in [0.5, 0.6) is 0 Å². The molecule has 16 heavy (non-hydrogen) atoms. The van der Waals surface area contributed by atoms with Gasteiger partial charge < -0.3 is 10.6 Å². The Labute approximate surface area is 101 Å². The first-order valence-corrected chi connectivity index (χ1v) is 5.82. The fourth-order valence-corrected chi connectivity index (χ4v) is 1.75. The molecule has 1 aromatic carbocycles. The SMILES string of the molecule is CCCN(CC)C(=O)c1cc(N)ccc1Cl. The molecule has 0 saturated heterocycles. The van der Waals surface area contributed by atoms with Gasteiger partial charge in [0.1, 0.15) is 0 Å². The molecule has 1 amide bonds. The van der Waals surface area contributed by atoms with Crippen molar-refractivity contribution in [3.63, 3.8) is 0 Å². The van der Waals surface area contributed by atoms with Gasteiger partial charge in [-0.25, -0.2) is 0 Å². The summed E-state index contributed by atoms with van der Waals surface area (Å²) in [7, 11) is 0. The molecule has 0 saturated carbocycles. The van der Waals surface area contributed by atoms with E-state index in [0.717, 1.165) is 13.0 Å². The van der Waals surface area contributed by atoms with Crippen LogP contribution >= 0.6 is 11.6 Å². The van der Waals surface area contributed by atoms with Crippen LogP contribution in [-0.2, 0) is 0 Å². The molecule has 0 bridgehead atoms. The van der Waals surface area contributed by atoms with Crippen LogP contribution in [0.4, 0.5) is 5.69 Å². The highest BCUT2D eigenvalue weighted by Crippen LogP contribution is 2.20. The zero-order chi connectivity index (χ0) is 12.1. The summed E-state index contributed by atoms with van der Waals surface area (Å²) in [6.45, 7) is 5.41. The normalized spacial score (nSPS) is 10.2. The number of hydrogen-bond acceptors (Lipinski definition) is 2. The third-order valence-electron chi connectivity index (χ3n) is 2.38. The largest absolute Gasteiger partial charge is 0.399 e. The van der Waals surface area contributed by atoms with Gasteiger partial charge in [0, 0.05) is 18.8 Å². The van der Waals surface area contributed by atoms with Crippen LogP contribution in [0.15, 0.2) is 18.2 Å². The third kappa shape index (κ3) is 2.89. The number of carbonyl (C=O) groups is 1. The van der Waals surface area contributed by atoms with Crippen LogP contribution < -0.4 is 5.73 Å². The quantitative estimate of drug-likeness (QED) is 0.823. The number of benzene rings is 1. The van der Waals surface area contributed by atoms with Gasteiger partial charge in [0.25, 0.3) is 5.91 Å². The zero-order valence-corrected chi connectivity index (χ0v) is 10.4. The maximum atomic E-state index is 12.1. The third-order valence-corrected chi connectivity index (χ3v) is 2.71. The molecule has 0 unspecified atom stereocenters. The van der Waals surface area contributed by atoms with Crippen LogP contribution in [0.2, 0.25) is 5.02 Å². The molecule has 88 valence electrons. The first-order chi connectivity index (χ1) is 7.60. The molecule has 0 spiro atoms. The molecule has 0 heterocycles. The number of halogens is 1. The van der Waals surface area contributed by atoms with Crippen molar-refractivity contribution in [3.8, 4) is 0 Å². The average molecular weight is 241 g/mol. The molecule has 0 aromatic heterocycles. The molecule has 0 fully saturated rings. The van der Waals surface area contributed by atoms with E-state index in [4.69, 9.17) is 17.3 Å². The van der Waals surface area contributed by atoms with Gasteiger partial charge in [-0.2, -0.15) is 0 Å². The maximum absolute atomic E-state index is 12.1. The van der Waals surface area contributed by atoms with Gasteiger partial charge in [-0.15, -0.1) is 0 Å². The second-order valence-corrected chi connectivity index (χ2v) is 4.03. The molecule has 0 atom stereocenters. The smallest absolute Gasteiger partial charge is 0.255 e. The lowest BCUT2D eigenvalue weighted by molar-refractivity contribution is 0.0764. The van der Waals surface area contributed by atoms with Crippen molar-refractivity contribution >= 4 is 23.2 Å². The molecule has 3 nitrogen and oxygen atoms in total. The lowest BCUT2D eigenvalue weighted by Gasteiger charge is -2.20. The topological polar surface area (TPSA) is 46.3 Å². The van der Waals surface area contributed by atoms with E-state index in [1.165, 1.54) is 0 Å². The fourth-order valence-electron chi connectivity index (χ4n) is 1.55. The first-order valence-electron chi connectivity index (χ1n) is 5.44. The molecular weight excluding hydrogens is 224 g/mol. The zero-order valence-electron chi connectivity index (χ0n) is 9.66. The predicted molar refractivity (Wildman–Crippen MR) is 67.7 cm³/mol. The van der Waals surface area contributed by atoms with Crippen molar-refractivity contribution in [2.75, 3.05) is 18.8 Å². The van der Waals surface area contributed by atoms with Gasteiger partial charge in [-0.05, 0) is 31.5 Å². The molecule has 0 aliphatic carbocycles. The summed E-state index contributed by atoms with van der Waals surface area (Å²) in [5, 5.41) is 0.453. The summed E-state index contributed by atoms with van der Waals surface area (Å²) >= 11 is 5.99. The summed E-state index contributed by atoms with van der Waals surface area (Å²) in [6.07, 6.45) is 0.930. The highest BCUT2D eigenvalue weighted by atomic mass is 35.5. The Hall–Kier alpha value is -1.22. The van der Waals surface area contributed by atoms with Crippen LogP contribution in [0.1, 0.15) is 30.6 Å². The van der Waals surface area contributed by atoms with Crippen molar-refractivity contribution in [3.05, 3.63) is 28.8 Å². The number of rotatable bonds is 4. The van der Waals surface area contributed by atoms with E-state index in [1.807, 2.05) is 13.8 Å². The summed E-state index contributed by atoms with van der Waals surface area (Å²) < 4.78 is 0. The van der Waals surface area contributed by atoms with Crippen LogP contribution in [0, 0.1) is 0 Å². The number of nitrogens with zero attached hydrogens (tertiary/aromatic N) is 1. The Morgan fingerprint density at radius 1 is 1.44 bits per heavy atom. The number of anilines is 1. The Balaban J connectivity index is 2.98. The molecular formula is C12H17ClN2O. The van der Waals surface area contributed by atoms with E-state index in [-0.39, 0.29) is 5.91 Å². The van der Waals surface area contributed by atoms with Gasteiger partial charge in [-0.3, -0.25) is 4.79 Å². The van der Waals surface area contributed by atoms with Crippen LogP contribution in [-0.4, -0.2) is 23.9 Å². The minimum atomic E-state index is -0.0540. The number of nitrogen functional groups attached to an aromatic ring is 1. The Morgan fingerprint density at radius 3 is 2.69 bits per heavy atom. The highest BCUT2D eigenvalue weighted by molar-refractivity contribution is 6.34. The van der Waals surface area contributed by atoms with E-state index < -0.39 is 0 Å². The van der Waals surface area contributed by atoms with E-state index >= 15 is 0 Å². The predicted octanol–water partition coefficient (Wildman–Crippen LogP) is 2.79. The highest BCUT2D eigenvalue weighted by Gasteiger charge is 2.16. The number of nitrogens with two attached hydrogens (primary N) is 1. The molecule has 0 radical (unpaired) electrons. The van der Waals surface area contributed by atoms with E-state index in [2.05, 4.69) is 0 Å². The van der Waals surface area contributed by atoms with Crippen molar-refractivity contribution < 1.29 is 4.79 Å². The van der Waals surface area contributed by atoms with Crippen molar-refractivity contribution in [2.45, 2.75) is 20.3 Å². The Morgan fingerprint density at radius 2 is 2.12 bits per heavy atom. The lowest BCUT2D eigenvalue weighted by atomic mass is 10.1. The molecule has 0 aliphatic rings. The van der Waals surface area contributed by atoms with Gasteiger partial charge in [0.05, 0.1) is 10.6 Å². The van der Waals surface area contributed by atoms with Crippen LogP contribution in [0.25, 0.3) is 0 Å². The molecule has 2 N–H and O–H groups in total. The molecule has 1 aromatic rings. The summed E-state index contributed by atoms with van der Waals surface area (Å²) in [5.41, 5.74) is 6.69. The van der Waals surface area contributed by atoms with E-state index in [9.17, 15) is 4.79 Å². The Bertz CT molecular complexity index is 379. The van der Waals surface area contributed by atoms with Gasteiger partial charge in [-0.1, -0.05) is 18.5 Å². The average Bonchev–Trinajstić information content (AvgIpc) is 2.28. The summed E-state index contributed by atoms with van der Waals surface area (Å²) in [5.74, 6) is -0.0540. The monoisotopic (exact) mass is 240 g/mol. The second kappa shape index (κ2) is 5.75. The van der Waals surface area contributed by atoms with Gasteiger partial charge in [0.15, 0.2) is 0 Å². The molecule has 0 aliphatic heterocycles. The van der Waals surface area contributed by atoms with Crippen molar-refractivity contribution in [1.82, 2.24) is 4.90 Å². The molecule has 4 heteroatoms. The van der Waals surface area contributed by atoms with Crippen molar-refractivity contribution in [2.24, 2.45) is 0 Å². The standard InChI is InChI=1S/C12H17ClN2O/c1-3-7-15(4-2)12(16)10-8-9(14)5-6-11(10)13/h5-6,8H,3-4,7,14H2,1-2H3. The number of amides is 1. The summed E-state index contributed by atoms with van der Waals surface area (Å²) in [6, 6.07) is 4.97. The number of carbonyl (C=O) groups excluding carboxylic acids is 1. The summed E-state index contributed by atoms with van der Waals surface area (Å²) in [4.78, 5) is 13.9.